The van der Waals surface area contributed by atoms with Gasteiger partial charge in [-0.25, -0.2) is 0 Å². The van der Waals surface area contributed by atoms with Gasteiger partial charge >= 0.3 is 0 Å². The highest BCUT2D eigenvalue weighted by molar-refractivity contribution is 7.80. The van der Waals surface area contributed by atoms with Crippen molar-refractivity contribution in [1.29, 1.82) is 0 Å². The van der Waals surface area contributed by atoms with Crippen LogP contribution in [0.15, 0.2) is 30.3 Å². The highest BCUT2D eigenvalue weighted by Crippen LogP contribution is 2.31. The Morgan fingerprint density at radius 2 is 2.05 bits per heavy atom. The highest BCUT2D eigenvalue weighted by Gasteiger charge is 2.18. The average Bonchev–Trinajstić information content (AvgIpc) is 3.01. The summed E-state index contributed by atoms with van der Waals surface area (Å²) in [4.78, 5) is 14.9. The Morgan fingerprint density at radius 3 is 2.71 bits per heavy atom. The number of anilines is 1. The molecule has 0 fully saturated rings. The Hall–Kier alpha value is -1.72. The van der Waals surface area contributed by atoms with Crippen LogP contribution in [-0.2, 0) is 19.3 Å². The van der Waals surface area contributed by atoms with Crippen LogP contribution in [0.2, 0.25) is 0 Å². The molecule has 0 saturated carbocycles. The van der Waals surface area contributed by atoms with Crippen LogP contribution in [0.4, 0.5) is 5.69 Å². The van der Waals surface area contributed by atoms with Crippen LogP contribution in [0.3, 0.4) is 0 Å². The maximum atomic E-state index is 12.2. The van der Waals surface area contributed by atoms with E-state index in [1.165, 1.54) is 16.9 Å². The number of rotatable bonds is 4. The fraction of sp³-hybridized carbons (Fsp3) is 0.250. The molecule has 1 aliphatic carbocycles. The molecule has 3 nitrogen and oxygen atoms in total. The third kappa shape index (κ3) is 3.31. The van der Waals surface area contributed by atoms with Gasteiger partial charge in [0.05, 0.1) is 9.87 Å². The first-order chi connectivity index (χ1) is 10.1. The second-order valence-electron chi connectivity index (χ2n) is 5.21. The summed E-state index contributed by atoms with van der Waals surface area (Å²) in [5.41, 5.74) is 8.71. The number of carbonyl (C=O) groups is 1. The molecule has 5 heteroatoms. The quantitative estimate of drug-likeness (QED) is 0.851. The van der Waals surface area contributed by atoms with Crippen molar-refractivity contribution >= 4 is 40.1 Å². The molecule has 1 aliphatic rings. The number of amides is 1. The van der Waals surface area contributed by atoms with Crippen LogP contribution < -0.4 is 11.1 Å². The van der Waals surface area contributed by atoms with E-state index in [0.29, 0.717) is 11.4 Å². The maximum absolute atomic E-state index is 12.2. The lowest BCUT2D eigenvalue weighted by Gasteiger charge is -2.05. The van der Waals surface area contributed by atoms with Gasteiger partial charge in [-0.15, -0.1) is 11.3 Å². The molecule has 0 atom stereocenters. The topological polar surface area (TPSA) is 55.1 Å². The van der Waals surface area contributed by atoms with Crippen LogP contribution in [0.25, 0.3) is 0 Å². The maximum Gasteiger partial charge on any atom is 0.265 e. The Bertz CT molecular complexity index is 667. The van der Waals surface area contributed by atoms with Crippen molar-refractivity contribution in [3.63, 3.8) is 0 Å². The number of benzene rings is 1. The van der Waals surface area contributed by atoms with E-state index < -0.39 is 0 Å². The third-order valence-corrected chi connectivity index (χ3v) is 4.94. The molecule has 0 saturated heterocycles. The monoisotopic (exact) mass is 316 g/mol. The van der Waals surface area contributed by atoms with E-state index in [-0.39, 0.29) is 5.91 Å². The second kappa shape index (κ2) is 5.95. The number of nitrogens with two attached hydrogens (primary N) is 1. The molecule has 1 amide bonds. The van der Waals surface area contributed by atoms with Crippen LogP contribution in [-0.4, -0.2) is 10.9 Å². The molecule has 3 rings (SSSR count). The second-order valence-corrected chi connectivity index (χ2v) is 6.87. The van der Waals surface area contributed by atoms with Gasteiger partial charge in [0, 0.05) is 17.0 Å². The largest absolute Gasteiger partial charge is 0.393 e. The molecule has 0 aliphatic heterocycles. The van der Waals surface area contributed by atoms with E-state index in [0.717, 1.165) is 29.0 Å². The highest BCUT2D eigenvalue weighted by atomic mass is 32.1. The van der Waals surface area contributed by atoms with Gasteiger partial charge in [-0.1, -0.05) is 24.4 Å². The predicted molar refractivity (Wildman–Crippen MR) is 91.2 cm³/mol. The lowest BCUT2D eigenvalue weighted by atomic mass is 10.1. The minimum atomic E-state index is -0.0310. The van der Waals surface area contributed by atoms with Gasteiger partial charge in [0.1, 0.15) is 0 Å². The van der Waals surface area contributed by atoms with Crippen molar-refractivity contribution in [2.24, 2.45) is 5.73 Å². The minimum absolute atomic E-state index is 0.0310. The van der Waals surface area contributed by atoms with Crippen LogP contribution in [0.5, 0.6) is 0 Å². The summed E-state index contributed by atoms with van der Waals surface area (Å²) in [7, 11) is 0. The third-order valence-electron chi connectivity index (χ3n) is 3.56. The number of nitrogens with one attached hydrogen (secondary N) is 1. The van der Waals surface area contributed by atoms with E-state index in [1.807, 2.05) is 30.3 Å². The van der Waals surface area contributed by atoms with Gasteiger partial charge in [-0.05, 0) is 48.6 Å². The first-order valence-electron chi connectivity index (χ1n) is 6.92. The van der Waals surface area contributed by atoms with Gasteiger partial charge in [0.15, 0.2) is 0 Å². The number of thiocarbonyl (C=S) groups is 1. The molecule has 0 bridgehead atoms. The number of fused-ring (bicyclic) bond motifs is 1. The van der Waals surface area contributed by atoms with E-state index >= 15 is 0 Å². The summed E-state index contributed by atoms with van der Waals surface area (Å²) in [6.07, 6.45) is 4.02. The molecule has 1 heterocycles. The zero-order valence-corrected chi connectivity index (χ0v) is 13.2. The molecule has 0 unspecified atom stereocenters. The summed E-state index contributed by atoms with van der Waals surface area (Å²) < 4.78 is 0. The van der Waals surface area contributed by atoms with Crippen LogP contribution in [0, 0.1) is 0 Å². The van der Waals surface area contributed by atoms with Crippen molar-refractivity contribution in [2.75, 3.05) is 5.32 Å². The van der Waals surface area contributed by atoms with E-state index in [2.05, 4.69) is 5.32 Å². The molecule has 0 radical (unpaired) electrons. The number of thiophene rings is 1. The summed E-state index contributed by atoms with van der Waals surface area (Å²) >= 11 is 6.50. The summed E-state index contributed by atoms with van der Waals surface area (Å²) in [5.74, 6) is -0.0310. The summed E-state index contributed by atoms with van der Waals surface area (Å²) in [5, 5.41) is 2.93. The summed E-state index contributed by atoms with van der Waals surface area (Å²) in [6, 6.07) is 9.66. The van der Waals surface area contributed by atoms with Gasteiger partial charge in [0.2, 0.25) is 0 Å². The number of aryl methyl sites for hydroxylation is 2. The standard InChI is InChI=1S/C16H16N2OS2/c17-15(20)8-10-4-6-12(7-5-10)18-16(19)14-9-11-2-1-3-13(11)21-14/h4-7,9H,1-3,8H2,(H2,17,20)(H,18,19). The molecule has 0 spiro atoms. The van der Waals surface area contributed by atoms with Crippen molar-refractivity contribution < 1.29 is 4.79 Å². The van der Waals surface area contributed by atoms with Crippen molar-refractivity contribution in [3.05, 3.63) is 51.2 Å². The molecule has 2 aromatic rings. The van der Waals surface area contributed by atoms with E-state index in [1.54, 1.807) is 11.3 Å². The normalized spacial score (nSPS) is 13.0. The first kappa shape index (κ1) is 14.2. The fourth-order valence-corrected chi connectivity index (χ4v) is 3.86. The van der Waals surface area contributed by atoms with Crippen LogP contribution in [0.1, 0.15) is 32.1 Å². The molecule has 1 aromatic carbocycles. The van der Waals surface area contributed by atoms with Crippen molar-refractivity contribution in [2.45, 2.75) is 25.7 Å². The molecular weight excluding hydrogens is 300 g/mol. The number of hydrogen-bond acceptors (Lipinski definition) is 3. The Labute approximate surface area is 133 Å². The molecule has 1 aromatic heterocycles. The van der Waals surface area contributed by atoms with Gasteiger partial charge < -0.3 is 11.1 Å². The zero-order valence-electron chi connectivity index (χ0n) is 11.5. The zero-order chi connectivity index (χ0) is 14.8. The average molecular weight is 316 g/mol. The van der Waals surface area contributed by atoms with Gasteiger partial charge in [-0.2, -0.15) is 0 Å². The Balaban J connectivity index is 1.67. The predicted octanol–water partition coefficient (Wildman–Crippen LogP) is 3.32. The minimum Gasteiger partial charge on any atom is -0.393 e. The van der Waals surface area contributed by atoms with Crippen molar-refractivity contribution in [1.82, 2.24) is 0 Å². The Kier molecular flexibility index (Phi) is 4.03. The molecule has 3 N–H and O–H groups in total. The molecular formula is C16H16N2OS2. The van der Waals surface area contributed by atoms with Crippen LogP contribution >= 0.6 is 23.6 Å². The smallest absolute Gasteiger partial charge is 0.265 e. The van der Waals surface area contributed by atoms with E-state index in [4.69, 9.17) is 18.0 Å². The van der Waals surface area contributed by atoms with Gasteiger partial charge in [-0.3, -0.25) is 4.79 Å². The van der Waals surface area contributed by atoms with Crippen molar-refractivity contribution in [3.8, 4) is 0 Å². The lowest BCUT2D eigenvalue weighted by molar-refractivity contribution is 0.103. The molecule has 108 valence electrons. The number of hydrogen-bond donors (Lipinski definition) is 2. The fourth-order valence-electron chi connectivity index (χ4n) is 2.54. The molecule has 21 heavy (non-hydrogen) atoms. The number of carbonyl (C=O) groups excluding carboxylic acids is 1. The lowest BCUT2D eigenvalue weighted by Crippen LogP contribution is -2.12. The first-order valence-corrected chi connectivity index (χ1v) is 8.14. The SMILES string of the molecule is NC(=S)Cc1ccc(NC(=O)c2cc3c(s2)CCC3)cc1. The summed E-state index contributed by atoms with van der Waals surface area (Å²) in [6.45, 7) is 0. The van der Waals surface area contributed by atoms with E-state index in [9.17, 15) is 4.79 Å². The Morgan fingerprint density at radius 1 is 1.29 bits per heavy atom. The van der Waals surface area contributed by atoms with Gasteiger partial charge in [0.25, 0.3) is 5.91 Å².